The number of anilines is 1. The SMILES string of the molecule is CN(CCC#N)C(=O)c1cccc(NC(=O)c2cccs2)c1. The maximum Gasteiger partial charge on any atom is 0.265 e. The Bertz CT molecular complexity index is 704. The van der Waals surface area contributed by atoms with Crippen molar-refractivity contribution in [2.45, 2.75) is 6.42 Å². The minimum atomic E-state index is -0.197. The van der Waals surface area contributed by atoms with Crippen LogP contribution >= 0.6 is 11.3 Å². The van der Waals surface area contributed by atoms with Gasteiger partial charge >= 0.3 is 0 Å². The van der Waals surface area contributed by atoms with E-state index in [9.17, 15) is 9.59 Å². The highest BCUT2D eigenvalue weighted by molar-refractivity contribution is 7.12. The van der Waals surface area contributed by atoms with Crippen LogP contribution in [0.25, 0.3) is 0 Å². The average Bonchev–Trinajstić information content (AvgIpc) is 3.06. The summed E-state index contributed by atoms with van der Waals surface area (Å²) in [4.78, 5) is 26.3. The summed E-state index contributed by atoms with van der Waals surface area (Å²) in [5.41, 5.74) is 1.04. The second-order valence-electron chi connectivity index (χ2n) is 4.65. The van der Waals surface area contributed by atoms with Crippen molar-refractivity contribution in [2.75, 3.05) is 18.9 Å². The third-order valence-electron chi connectivity index (χ3n) is 3.02. The normalized spacial score (nSPS) is 9.82. The maximum absolute atomic E-state index is 12.2. The second kappa shape index (κ2) is 7.38. The van der Waals surface area contributed by atoms with E-state index in [1.807, 2.05) is 17.5 Å². The van der Waals surface area contributed by atoms with Crippen molar-refractivity contribution >= 4 is 28.8 Å². The van der Waals surface area contributed by atoms with Gasteiger partial charge in [-0.3, -0.25) is 9.59 Å². The number of nitriles is 1. The molecule has 112 valence electrons. The van der Waals surface area contributed by atoms with Crippen molar-refractivity contribution in [2.24, 2.45) is 0 Å². The highest BCUT2D eigenvalue weighted by Gasteiger charge is 2.13. The van der Waals surface area contributed by atoms with Gasteiger partial charge in [0.15, 0.2) is 0 Å². The van der Waals surface area contributed by atoms with E-state index < -0.39 is 0 Å². The third-order valence-corrected chi connectivity index (χ3v) is 3.89. The zero-order chi connectivity index (χ0) is 15.9. The van der Waals surface area contributed by atoms with Crippen molar-refractivity contribution in [3.05, 3.63) is 52.2 Å². The van der Waals surface area contributed by atoms with Crippen LogP contribution in [-0.2, 0) is 0 Å². The van der Waals surface area contributed by atoms with Gasteiger partial charge in [-0.1, -0.05) is 12.1 Å². The summed E-state index contributed by atoms with van der Waals surface area (Å²) in [7, 11) is 1.65. The Morgan fingerprint density at radius 3 is 2.82 bits per heavy atom. The van der Waals surface area contributed by atoms with Gasteiger partial charge in [-0.05, 0) is 29.6 Å². The summed E-state index contributed by atoms with van der Waals surface area (Å²) in [6.07, 6.45) is 0.289. The number of carbonyl (C=O) groups excluding carboxylic acids is 2. The molecule has 6 heteroatoms. The van der Waals surface area contributed by atoms with E-state index in [-0.39, 0.29) is 18.2 Å². The minimum Gasteiger partial charge on any atom is -0.341 e. The lowest BCUT2D eigenvalue weighted by molar-refractivity contribution is 0.0797. The molecule has 2 rings (SSSR count). The largest absolute Gasteiger partial charge is 0.341 e. The Morgan fingerprint density at radius 2 is 2.14 bits per heavy atom. The highest BCUT2D eigenvalue weighted by Crippen LogP contribution is 2.16. The van der Waals surface area contributed by atoms with Crippen LogP contribution in [0.15, 0.2) is 41.8 Å². The Labute approximate surface area is 132 Å². The van der Waals surface area contributed by atoms with E-state index >= 15 is 0 Å². The zero-order valence-corrected chi connectivity index (χ0v) is 12.9. The summed E-state index contributed by atoms with van der Waals surface area (Å²) in [5.74, 6) is -0.375. The zero-order valence-electron chi connectivity index (χ0n) is 12.1. The first kappa shape index (κ1) is 15.7. The van der Waals surface area contributed by atoms with Gasteiger partial charge in [-0.25, -0.2) is 0 Å². The Morgan fingerprint density at radius 1 is 1.32 bits per heavy atom. The molecule has 0 spiro atoms. The molecule has 0 atom stereocenters. The van der Waals surface area contributed by atoms with Crippen LogP contribution in [0.5, 0.6) is 0 Å². The molecule has 0 unspecified atom stereocenters. The van der Waals surface area contributed by atoms with Crippen LogP contribution in [-0.4, -0.2) is 30.3 Å². The molecule has 0 aliphatic heterocycles. The molecular formula is C16H15N3O2S. The molecular weight excluding hydrogens is 298 g/mol. The van der Waals surface area contributed by atoms with Crippen LogP contribution in [0.2, 0.25) is 0 Å². The molecule has 5 nitrogen and oxygen atoms in total. The second-order valence-corrected chi connectivity index (χ2v) is 5.59. The summed E-state index contributed by atoms with van der Waals surface area (Å²) >= 11 is 1.36. The van der Waals surface area contributed by atoms with E-state index in [1.165, 1.54) is 16.2 Å². The van der Waals surface area contributed by atoms with Gasteiger partial charge in [0.2, 0.25) is 0 Å². The number of benzene rings is 1. The Balaban J connectivity index is 2.08. The number of rotatable bonds is 5. The molecule has 2 amide bonds. The van der Waals surface area contributed by atoms with Crippen LogP contribution in [0, 0.1) is 11.3 Å². The third kappa shape index (κ3) is 3.93. The van der Waals surface area contributed by atoms with Gasteiger partial charge in [0.1, 0.15) is 0 Å². The lowest BCUT2D eigenvalue weighted by Gasteiger charge is -2.16. The maximum atomic E-state index is 12.2. The number of thiophene rings is 1. The topological polar surface area (TPSA) is 73.2 Å². The first-order valence-electron chi connectivity index (χ1n) is 6.69. The van der Waals surface area contributed by atoms with E-state index in [1.54, 1.807) is 37.4 Å². The lowest BCUT2D eigenvalue weighted by atomic mass is 10.1. The summed E-state index contributed by atoms with van der Waals surface area (Å²) in [6, 6.07) is 12.3. The molecule has 0 radical (unpaired) electrons. The summed E-state index contributed by atoms with van der Waals surface area (Å²) in [5, 5.41) is 13.2. The first-order valence-corrected chi connectivity index (χ1v) is 7.57. The predicted molar refractivity (Wildman–Crippen MR) is 85.9 cm³/mol. The van der Waals surface area contributed by atoms with Gasteiger partial charge < -0.3 is 10.2 Å². The molecule has 22 heavy (non-hydrogen) atoms. The molecule has 1 aromatic heterocycles. The molecule has 1 N–H and O–H groups in total. The smallest absolute Gasteiger partial charge is 0.265 e. The number of hydrogen-bond donors (Lipinski definition) is 1. The van der Waals surface area contributed by atoms with E-state index in [4.69, 9.17) is 5.26 Å². The molecule has 0 aliphatic carbocycles. The molecule has 2 aromatic rings. The summed E-state index contributed by atoms with van der Waals surface area (Å²) < 4.78 is 0. The number of amides is 2. The van der Waals surface area contributed by atoms with Gasteiger partial charge in [-0.15, -0.1) is 11.3 Å². The van der Waals surface area contributed by atoms with E-state index in [0.29, 0.717) is 22.7 Å². The van der Waals surface area contributed by atoms with Crippen LogP contribution in [0.4, 0.5) is 5.69 Å². The number of hydrogen-bond acceptors (Lipinski definition) is 4. The Kier molecular flexibility index (Phi) is 5.28. The molecule has 0 aliphatic rings. The standard InChI is InChI=1S/C16H15N3O2S/c1-19(9-4-8-17)16(21)12-5-2-6-13(11-12)18-15(20)14-7-3-10-22-14/h2-3,5-7,10-11H,4,9H2,1H3,(H,18,20). The minimum absolute atomic E-state index is 0.178. The number of carbonyl (C=O) groups is 2. The molecule has 0 fully saturated rings. The van der Waals surface area contributed by atoms with Gasteiger partial charge in [0.25, 0.3) is 11.8 Å². The molecule has 0 saturated heterocycles. The molecule has 0 saturated carbocycles. The van der Waals surface area contributed by atoms with Crippen LogP contribution in [0.1, 0.15) is 26.5 Å². The van der Waals surface area contributed by atoms with Gasteiger partial charge in [0, 0.05) is 24.8 Å². The van der Waals surface area contributed by atoms with Gasteiger partial charge in [-0.2, -0.15) is 5.26 Å². The quantitative estimate of drug-likeness (QED) is 0.922. The van der Waals surface area contributed by atoms with Crippen molar-refractivity contribution in [3.8, 4) is 6.07 Å². The van der Waals surface area contributed by atoms with E-state index in [0.717, 1.165) is 0 Å². The predicted octanol–water partition coefficient (Wildman–Crippen LogP) is 2.99. The fourth-order valence-corrected chi connectivity index (χ4v) is 2.49. The molecule has 1 aromatic carbocycles. The first-order chi connectivity index (χ1) is 10.6. The van der Waals surface area contributed by atoms with Crippen LogP contribution < -0.4 is 5.32 Å². The summed E-state index contributed by atoms with van der Waals surface area (Å²) in [6.45, 7) is 0.376. The fourth-order valence-electron chi connectivity index (χ4n) is 1.87. The lowest BCUT2D eigenvalue weighted by Crippen LogP contribution is -2.27. The fraction of sp³-hybridized carbons (Fsp3) is 0.188. The number of nitrogens with zero attached hydrogens (tertiary/aromatic N) is 2. The highest BCUT2D eigenvalue weighted by atomic mass is 32.1. The van der Waals surface area contributed by atoms with E-state index in [2.05, 4.69) is 5.32 Å². The monoisotopic (exact) mass is 313 g/mol. The van der Waals surface area contributed by atoms with Crippen molar-refractivity contribution in [1.82, 2.24) is 4.90 Å². The van der Waals surface area contributed by atoms with Crippen LogP contribution in [0.3, 0.4) is 0 Å². The molecule has 0 bridgehead atoms. The van der Waals surface area contributed by atoms with Gasteiger partial charge in [0.05, 0.1) is 17.4 Å². The Hall–Kier alpha value is -2.65. The van der Waals surface area contributed by atoms with Crippen molar-refractivity contribution in [1.29, 1.82) is 5.26 Å². The number of nitrogens with one attached hydrogen (secondary N) is 1. The average molecular weight is 313 g/mol. The van der Waals surface area contributed by atoms with Crippen molar-refractivity contribution in [3.63, 3.8) is 0 Å². The van der Waals surface area contributed by atoms with Crippen molar-refractivity contribution < 1.29 is 9.59 Å². The molecule has 1 heterocycles.